The minimum atomic E-state index is -4.59. The van der Waals surface area contributed by atoms with Crippen molar-refractivity contribution in [2.75, 3.05) is 6.54 Å². The van der Waals surface area contributed by atoms with Crippen molar-refractivity contribution in [2.45, 2.75) is 38.4 Å². The summed E-state index contributed by atoms with van der Waals surface area (Å²) in [7, 11) is 0. The molecule has 1 aromatic rings. The van der Waals surface area contributed by atoms with Crippen molar-refractivity contribution >= 4 is 12.4 Å². The first-order chi connectivity index (χ1) is 9.04. The molecule has 0 saturated carbocycles. The van der Waals surface area contributed by atoms with Crippen LogP contribution in [0.1, 0.15) is 24.8 Å². The fourth-order valence-corrected chi connectivity index (χ4v) is 2.15. The molecular formula is C13H18ClF3N2O. The Bertz CT molecular complexity index is 389. The summed E-state index contributed by atoms with van der Waals surface area (Å²) < 4.78 is 41.0. The summed E-state index contributed by atoms with van der Waals surface area (Å²) in [6, 6.07) is 9.56. The molecule has 1 fully saturated rings. The third-order valence-electron chi connectivity index (χ3n) is 3.05. The first kappa shape index (κ1) is 17.2. The van der Waals surface area contributed by atoms with E-state index >= 15 is 0 Å². The average molecular weight is 311 g/mol. The molecule has 2 rings (SSSR count). The van der Waals surface area contributed by atoms with Gasteiger partial charge < -0.3 is 0 Å². The van der Waals surface area contributed by atoms with Crippen molar-refractivity contribution < 1.29 is 17.9 Å². The monoisotopic (exact) mass is 310 g/mol. The number of ether oxygens (including phenoxy) is 1. The minimum absolute atomic E-state index is 0. The molecule has 0 aromatic heterocycles. The molecule has 0 radical (unpaired) electrons. The molecule has 7 heteroatoms. The van der Waals surface area contributed by atoms with E-state index in [1.807, 2.05) is 30.3 Å². The Balaban J connectivity index is 0.00000200. The molecule has 1 atom stereocenters. The predicted molar refractivity (Wildman–Crippen MR) is 72.0 cm³/mol. The number of alkyl halides is 3. The summed E-state index contributed by atoms with van der Waals surface area (Å²) in [5, 5.41) is 1.55. The predicted octanol–water partition coefficient (Wildman–Crippen LogP) is 3.46. The molecule has 1 saturated heterocycles. The SMILES string of the molecule is Cl.FC(F)(F)OC1CCCCN1NCc1ccccc1. The highest BCUT2D eigenvalue weighted by atomic mass is 35.5. The van der Waals surface area contributed by atoms with Crippen molar-refractivity contribution in [3.05, 3.63) is 35.9 Å². The standard InChI is InChI=1S/C13H17F3N2O.ClH/c14-13(15,16)19-12-8-4-5-9-18(12)17-10-11-6-2-1-3-7-11;/h1-3,6-7,12,17H,4-5,8-10H2;1H. The maximum Gasteiger partial charge on any atom is 0.524 e. The number of nitrogens with zero attached hydrogens (tertiary/aromatic N) is 1. The number of rotatable bonds is 4. The zero-order chi connectivity index (χ0) is 13.7. The van der Waals surface area contributed by atoms with Gasteiger partial charge >= 0.3 is 6.36 Å². The minimum Gasteiger partial charge on any atom is -0.272 e. The molecule has 3 nitrogen and oxygen atoms in total. The molecule has 0 bridgehead atoms. The van der Waals surface area contributed by atoms with Gasteiger partial charge in [-0.15, -0.1) is 25.6 Å². The molecule has 1 unspecified atom stereocenters. The highest BCUT2D eigenvalue weighted by Gasteiger charge is 2.37. The lowest BCUT2D eigenvalue weighted by molar-refractivity contribution is -0.366. The molecule has 114 valence electrons. The van der Waals surface area contributed by atoms with Gasteiger partial charge in [0.25, 0.3) is 0 Å². The second-order valence-corrected chi connectivity index (χ2v) is 4.53. The van der Waals surface area contributed by atoms with E-state index in [9.17, 15) is 13.2 Å². The van der Waals surface area contributed by atoms with Gasteiger partial charge in [-0.3, -0.25) is 4.74 Å². The third kappa shape index (κ3) is 5.66. The molecule has 1 aliphatic heterocycles. The van der Waals surface area contributed by atoms with Gasteiger partial charge in [-0.25, -0.2) is 10.4 Å². The topological polar surface area (TPSA) is 24.5 Å². The van der Waals surface area contributed by atoms with E-state index < -0.39 is 12.6 Å². The number of halogens is 4. The highest BCUT2D eigenvalue weighted by molar-refractivity contribution is 5.85. The van der Waals surface area contributed by atoms with E-state index in [2.05, 4.69) is 10.2 Å². The summed E-state index contributed by atoms with van der Waals surface area (Å²) in [6.45, 7) is 1.06. The molecule has 1 N–H and O–H groups in total. The van der Waals surface area contributed by atoms with Crippen molar-refractivity contribution in [3.8, 4) is 0 Å². The molecular weight excluding hydrogens is 293 g/mol. The van der Waals surface area contributed by atoms with Crippen LogP contribution >= 0.6 is 12.4 Å². The lowest BCUT2D eigenvalue weighted by atomic mass is 10.1. The van der Waals surface area contributed by atoms with Crippen molar-refractivity contribution in [1.29, 1.82) is 0 Å². The third-order valence-corrected chi connectivity index (χ3v) is 3.05. The molecule has 1 aromatic carbocycles. The van der Waals surface area contributed by atoms with E-state index in [-0.39, 0.29) is 12.4 Å². The summed E-state index contributed by atoms with van der Waals surface area (Å²) in [6.07, 6.45) is -3.50. The maximum atomic E-state index is 12.3. The Morgan fingerprint density at radius 2 is 1.90 bits per heavy atom. The van der Waals surface area contributed by atoms with Crippen LogP contribution in [0.15, 0.2) is 30.3 Å². The van der Waals surface area contributed by atoms with Crippen LogP contribution in [-0.2, 0) is 11.3 Å². The lowest BCUT2D eigenvalue weighted by Gasteiger charge is -2.35. The summed E-state index contributed by atoms with van der Waals surface area (Å²) in [4.78, 5) is 0. The van der Waals surface area contributed by atoms with Gasteiger partial charge in [0, 0.05) is 13.1 Å². The Morgan fingerprint density at radius 3 is 2.55 bits per heavy atom. The second kappa shape index (κ2) is 7.83. The lowest BCUT2D eigenvalue weighted by Crippen LogP contribution is -2.51. The van der Waals surface area contributed by atoms with E-state index in [0.29, 0.717) is 19.5 Å². The van der Waals surface area contributed by atoms with Crippen LogP contribution in [0.2, 0.25) is 0 Å². The van der Waals surface area contributed by atoms with E-state index in [0.717, 1.165) is 18.4 Å². The van der Waals surface area contributed by atoms with Crippen molar-refractivity contribution in [1.82, 2.24) is 10.4 Å². The Hall–Kier alpha value is -0.820. The van der Waals surface area contributed by atoms with Gasteiger partial charge in [-0.2, -0.15) is 0 Å². The molecule has 1 aliphatic rings. The van der Waals surface area contributed by atoms with Gasteiger partial charge in [0.05, 0.1) is 0 Å². The fourth-order valence-electron chi connectivity index (χ4n) is 2.15. The van der Waals surface area contributed by atoms with Gasteiger partial charge in [0.1, 0.15) is 6.23 Å². The number of piperidine rings is 1. The number of nitrogens with one attached hydrogen (secondary N) is 1. The largest absolute Gasteiger partial charge is 0.524 e. The molecule has 1 heterocycles. The summed E-state index contributed by atoms with van der Waals surface area (Å²) in [5.74, 6) is 0. The molecule has 20 heavy (non-hydrogen) atoms. The zero-order valence-corrected chi connectivity index (χ0v) is 11.7. The summed E-state index contributed by atoms with van der Waals surface area (Å²) in [5.41, 5.74) is 4.05. The Labute approximate surface area is 122 Å². The quantitative estimate of drug-likeness (QED) is 0.921. The highest BCUT2D eigenvalue weighted by Crippen LogP contribution is 2.25. The van der Waals surface area contributed by atoms with Gasteiger partial charge in [0.15, 0.2) is 0 Å². The van der Waals surface area contributed by atoms with Gasteiger partial charge in [-0.05, 0) is 24.8 Å². The average Bonchev–Trinajstić information content (AvgIpc) is 2.37. The summed E-state index contributed by atoms with van der Waals surface area (Å²) >= 11 is 0. The van der Waals surface area contributed by atoms with Crippen molar-refractivity contribution in [3.63, 3.8) is 0 Å². The van der Waals surface area contributed by atoms with E-state index in [4.69, 9.17) is 0 Å². The molecule has 0 aliphatic carbocycles. The van der Waals surface area contributed by atoms with Crippen molar-refractivity contribution in [2.24, 2.45) is 0 Å². The number of hydrogen-bond acceptors (Lipinski definition) is 3. The first-order valence-electron chi connectivity index (χ1n) is 6.33. The normalized spacial score (nSPS) is 20.4. The smallest absolute Gasteiger partial charge is 0.272 e. The Kier molecular flexibility index (Phi) is 6.75. The number of hydrazine groups is 1. The zero-order valence-electron chi connectivity index (χ0n) is 10.9. The first-order valence-corrected chi connectivity index (χ1v) is 6.33. The van der Waals surface area contributed by atoms with E-state index in [1.54, 1.807) is 5.01 Å². The second-order valence-electron chi connectivity index (χ2n) is 4.53. The number of benzene rings is 1. The van der Waals surface area contributed by atoms with Crippen LogP contribution in [0.5, 0.6) is 0 Å². The van der Waals surface area contributed by atoms with Crippen LogP contribution < -0.4 is 5.43 Å². The maximum absolute atomic E-state index is 12.3. The van der Waals surface area contributed by atoms with Crippen LogP contribution in [0.3, 0.4) is 0 Å². The molecule has 0 spiro atoms. The van der Waals surface area contributed by atoms with Crippen LogP contribution in [0.25, 0.3) is 0 Å². The molecule has 0 amide bonds. The fraction of sp³-hybridized carbons (Fsp3) is 0.538. The van der Waals surface area contributed by atoms with E-state index in [1.165, 1.54) is 0 Å². The van der Waals surface area contributed by atoms with Crippen LogP contribution in [0.4, 0.5) is 13.2 Å². The number of hydrogen-bond donors (Lipinski definition) is 1. The van der Waals surface area contributed by atoms with Crippen LogP contribution in [-0.4, -0.2) is 24.1 Å². The van der Waals surface area contributed by atoms with Gasteiger partial charge in [-0.1, -0.05) is 30.3 Å². The van der Waals surface area contributed by atoms with Gasteiger partial charge in [0.2, 0.25) is 0 Å². The van der Waals surface area contributed by atoms with Crippen LogP contribution in [0, 0.1) is 0 Å². The Morgan fingerprint density at radius 1 is 1.20 bits per heavy atom.